The van der Waals surface area contributed by atoms with Crippen molar-refractivity contribution in [2.75, 3.05) is 0 Å². The van der Waals surface area contributed by atoms with Crippen molar-refractivity contribution in [3.63, 3.8) is 0 Å². The molecule has 2 aromatic rings. The van der Waals surface area contributed by atoms with E-state index in [9.17, 15) is 5.11 Å². The number of ether oxygens (including phenoxy) is 1. The fourth-order valence-electron chi connectivity index (χ4n) is 1.78. The van der Waals surface area contributed by atoms with Crippen LogP contribution in [0, 0.1) is 13.8 Å². The molecule has 1 unspecified atom stereocenters. The third kappa shape index (κ3) is 3.42. The Morgan fingerprint density at radius 2 is 1.72 bits per heavy atom. The molecule has 2 rings (SSSR count). The first-order valence-corrected chi connectivity index (χ1v) is 6.07. The molecule has 0 fully saturated rings. The minimum Gasteiger partial charge on any atom is -0.364 e. The van der Waals surface area contributed by atoms with E-state index in [1.165, 1.54) is 5.56 Å². The number of aliphatic hydroxyl groups excluding tert-OH is 1. The van der Waals surface area contributed by atoms with Gasteiger partial charge in [0.2, 0.25) is 0 Å². The van der Waals surface area contributed by atoms with Crippen molar-refractivity contribution in [2.24, 2.45) is 0 Å². The van der Waals surface area contributed by atoms with Gasteiger partial charge in [0.15, 0.2) is 6.29 Å². The Labute approximate surface area is 108 Å². The molecule has 0 saturated heterocycles. The number of hydrogen-bond donors (Lipinski definition) is 1. The second kappa shape index (κ2) is 5.80. The normalized spacial score (nSPS) is 12.4. The first-order chi connectivity index (χ1) is 8.65. The predicted molar refractivity (Wildman–Crippen MR) is 72.1 cm³/mol. The minimum absolute atomic E-state index is 0.412. The van der Waals surface area contributed by atoms with Crippen LogP contribution in [0.4, 0.5) is 0 Å². The van der Waals surface area contributed by atoms with Gasteiger partial charge in [-0.2, -0.15) is 0 Å². The predicted octanol–water partition coefficient (Wildman–Crippen LogP) is 3.51. The maximum absolute atomic E-state index is 9.94. The largest absolute Gasteiger partial charge is 0.364 e. The Morgan fingerprint density at radius 1 is 1.00 bits per heavy atom. The lowest BCUT2D eigenvalue weighted by Gasteiger charge is -2.13. The Hall–Kier alpha value is -1.64. The van der Waals surface area contributed by atoms with E-state index < -0.39 is 6.29 Å². The van der Waals surface area contributed by atoms with E-state index in [2.05, 4.69) is 0 Å². The second-order valence-electron chi connectivity index (χ2n) is 4.56. The first kappa shape index (κ1) is 12.8. The van der Waals surface area contributed by atoms with Gasteiger partial charge in [0.1, 0.15) is 0 Å². The highest BCUT2D eigenvalue weighted by atomic mass is 16.6. The first-order valence-electron chi connectivity index (χ1n) is 6.07. The molecule has 0 aromatic heterocycles. The van der Waals surface area contributed by atoms with Gasteiger partial charge >= 0.3 is 0 Å². The molecule has 2 heteroatoms. The molecule has 1 N–H and O–H groups in total. The molecule has 0 aliphatic heterocycles. The van der Waals surface area contributed by atoms with E-state index in [1.54, 1.807) is 0 Å². The van der Waals surface area contributed by atoms with Crippen LogP contribution in [0.15, 0.2) is 48.5 Å². The molecule has 0 radical (unpaired) electrons. The van der Waals surface area contributed by atoms with Crippen LogP contribution in [-0.2, 0) is 11.3 Å². The van der Waals surface area contributed by atoms with Crippen molar-refractivity contribution in [1.82, 2.24) is 0 Å². The van der Waals surface area contributed by atoms with Gasteiger partial charge in [0, 0.05) is 5.56 Å². The summed E-state index contributed by atoms with van der Waals surface area (Å²) in [5, 5.41) is 9.94. The topological polar surface area (TPSA) is 29.5 Å². The van der Waals surface area contributed by atoms with E-state index in [0.29, 0.717) is 6.61 Å². The molecule has 2 nitrogen and oxygen atoms in total. The lowest BCUT2D eigenvalue weighted by molar-refractivity contribution is -0.112. The highest BCUT2D eigenvalue weighted by Gasteiger charge is 2.07. The van der Waals surface area contributed by atoms with Crippen LogP contribution >= 0.6 is 0 Å². The van der Waals surface area contributed by atoms with Crippen LogP contribution in [-0.4, -0.2) is 5.11 Å². The highest BCUT2D eigenvalue weighted by Crippen LogP contribution is 2.17. The van der Waals surface area contributed by atoms with Gasteiger partial charge in [0.05, 0.1) is 6.61 Å². The average Bonchev–Trinajstić information content (AvgIpc) is 2.38. The quantitative estimate of drug-likeness (QED) is 0.831. The SMILES string of the molecule is Cc1ccc(COC(O)c2cccc(C)c2)cc1. The van der Waals surface area contributed by atoms with Crippen molar-refractivity contribution in [3.8, 4) is 0 Å². The van der Waals surface area contributed by atoms with Crippen molar-refractivity contribution < 1.29 is 9.84 Å². The van der Waals surface area contributed by atoms with Crippen LogP contribution in [0.25, 0.3) is 0 Å². The average molecular weight is 242 g/mol. The monoisotopic (exact) mass is 242 g/mol. The molecular formula is C16H18O2. The number of rotatable bonds is 4. The summed E-state index contributed by atoms with van der Waals surface area (Å²) in [6, 6.07) is 15.8. The summed E-state index contributed by atoms with van der Waals surface area (Å²) < 4.78 is 5.46. The Kier molecular flexibility index (Phi) is 4.13. The molecule has 94 valence electrons. The van der Waals surface area contributed by atoms with Crippen LogP contribution in [0.2, 0.25) is 0 Å². The van der Waals surface area contributed by atoms with Gasteiger partial charge in [-0.3, -0.25) is 0 Å². The molecule has 0 bridgehead atoms. The number of aliphatic hydroxyl groups is 1. The molecule has 2 aromatic carbocycles. The maximum atomic E-state index is 9.94. The van der Waals surface area contributed by atoms with E-state index in [1.807, 2.05) is 62.4 Å². The molecule has 0 amide bonds. The van der Waals surface area contributed by atoms with Gasteiger partial charge in [-0.15, -0.1) is 0 Å². The van der Waals surface area contributed by atoms with Crippen LogP contribution in [0.3, 0.4) is 0 Å². The summed E-state index contributed by atoms with van der Waals surface area (Å²) in [5.74, 6) is 0. The summed E-state index contributed by atoms with van der Waals surface area (Å²) in [5.41, 5.74) is 4.19. The lowest BCUT2D eigenvalue weighted by atomic mass is 10.1. The number of aryl methyl sites for hydroxylation is 2. The Balaban J connectivity index is 1.96. The zero-order valence-electron chi connectivity index (χ0n) is 10.8. The van der Waals surface area contributed by atoms with Crippen molar-refractivity contribution in [2.45, 2.75) is 26.7 Å². The lowest BCUT2D eigenvalue weighted by Crippen LogP contribution is -2.03. The molecule has 0 spiro atoms. The number of hydrogen-bond acceptors (Lipinski definition) is 2. The van der Waals surface area contributed by atoms with Gasteiger partial charge < -0.3 is 9.84 Å². The van der Waals surface area contributed by atoms with Crippen LogP contribution < -0.4 is 0 Å². The Bertz CT molecular complexity index is 503. The third-order valence-electron chi connectivity index (χ3n) is 2.86. The molecule has 0 aliphatic carbocycles. The fourth-order valence-corrected chi connectivity index (χ4v) is 1.78. The Morgan fingerprint density at radius 3 is 2.39 bits per heavy atom. The second-order valence-corrected chi connectivity index (χ2v) is 4.56. The van der Waals surface area contributed by atoms with Crippen LogP contribution in [0.5, 0.6) is 0 Å². The van der Waals surface area contributed by atoms with Gasteiger partial charge in [0.25, 0.3) is 0 Å². The minimum atomic E-state index is -0.869. The van der Waals surface area contributed by atoms with Crippen LogP contribution in [0.1, 0.15) is 28.5 Å². The molecule has 0 heterocycles. The smallest absolute Gasteiger partial charge is 0.181 e. The highest BCUT2D eigenvalue weighted by molar-refractivity contribution is 5.23. The standard InChI is InChI=1S/C16H18O2/c1-12-6-8-14(9-7-12)11-18-16(17)15-5-3-4-13(2)10-15/h3-10,16-17H,11H2,1-2H3. The third-order valence-corrected chi connectivity index (χ3v) is 2.86. The molecular weight excluding hydrogens is 224 g/mol. The summed E-state index contributed by atoms with van der Waals surface area (Å²) in [6.45, 7) is 4.46. The molecule has 1 atom stereocenters. The van der Waals surface area contributed by atoms with Gasteiger partial charge in [-0.05, 0) is 19.4 Å². The van der Waals surface area contributed by atoms with Crippen molar-refractivity contribution >= 4 is 0 Å². The van der Waals surface area contributed by atoms with Gasteiger partial charge in [-0.1, -0.05) is 59.7 Å². The van der Waals surface area contributed by atoms with Crippen molar-refractivity contribution in [3.05, 3.63) is 70.8 Å². The van der Waals surface area contributed by atoms with Crippen molar-refractivity contribution in [1.29, 1.82) is 0 Å². The molecule has 0 aliphatic rings. The summed E-state index contributed by atoms with van der Waals surface area (Å²) in [7, 11) is 0. The zero-order valence-corrected chi connectivity index (χ0v) is 10.8. The van der Waals surface area contributed by atoms with E-state index in [-0.39, 0.29) is 0 Å². The summed E-state index contributed by atoms with van der Waals surface area (Å²) in [6.07, 6.45) is -0.869. The van der Waals surface area contributed by atoms with E-state index >= 15 is 0 Å². The zero-order chi connectivity index (χ0) is 13.0. The molecule has 18 heavy (non-hydrogen) atoms. The molecule has 0 saturated carbocycles. The van der Waals surface area contributed by atoms with E-state index in [4.69, 9.17) is 4.74 Å². The summed E-state index contributed by atoms with van der Waals surface area (Å²) in [4.78, 5) is 0. The summed E-state index contributed by atoms with van der Waals surface area (Å²) >= 11 is 0. The van der Waals surface area contributed by atoms with E-state index in [0.717, 1.165) is 16.7 Å². The fraction of sp³-hybridized carbons (Fsp3) is 0.250. The maximum Gasteiger partial charge on any atom is 0.181 e. The number of benzene rings is 2. The van der Waals surface area contributed by atoms with Gasteiger partial charge in [-0.25, -0.2) is 0 Å².